The van der Waals surface area contributed by atoms with E-state index in [1.807, 2.05) is 18.5 Å². The minimum absolute atomic E-state index is 0.0918. The molecule has 0 bridgehead atoms. The molecule has 2 aliphatic rings. The third kappa shape index (κ3) is 5.55. The van der Waals surface area contributed by atoms with Crippen LogP contribution in [0.2, 0.25) is 0 Å². The van der Waals surface area contributed by atoms with E-state index in [4.69, 9.17) is 10.7 Å². The largest absolute Gasteiger partial charge is 0.507 e. The first-order chi connectivity index (χ1) is 19.4. The molecule has 8 heteroatoms. The Kier molecular flexibility index (Phi) is 7.45. The zero-order valence-corrected chi connectivity index (χ0v) is 23.2. The number of amides is 1. The summed E-state index contributed by atoms with van der Waals surface area (Å²) in [6, 6.07) is 18.3. The molecule has 0 unspecified atom stereocenters. The highest BCUT2D eigenvalue weighted by Gasteiger charge is 2.23. The molecule has 0 radical (unpaired) electrons. The number of para-hydroxylation sites is 1. The molecule has 2 aromatic carbocycles. The normalized spacial score (nSPS) is 17.5. The van der Waals surface area contributed by atoms with Crippen molar-refractivity contribution in [3.63, 3.8) is 0 Å². The summed E-state index contributed by atoms with van der Waals surface area (Å²) in [4.78, 5) is 23.8. The highest BCUT2D eigenvalue weighted by atomic mass is 16.3. The number of fused-ring (bicyclic) bond motifs is 1. The van der Waals surface area contributed by atoms with Crippen molar-refractivity contribution in [1.29, 1.82) is 0 Å². The number of nitrogens with zero attached hydrogens (tertiary/aromatic N) is 5. The standard InChI is InChI=1S/C32H38N6O2/c1-35-14-16-37(17-15-35)29-5-3-2-4-26(29)22-36-11-8-24(9-12-36)27-19-25-10-13-38(32(25)34-20-27)21-23-6-7-28(31(33)40)30(39)18-23/h2-7,10,13,18-20,24,39H,8-9,11-12,14-17,21-22H2,1H3,(H2,33,40). The van der Waals surface area contributed by atoms with E-state index < -0.39 is 5.91 Å². The molecule has 40 heavy (non-hydrogen) atoms. The number of anilines is 1. The summed E-state index contributed by atoms with van der Waals surface area (Å²) in [7, 11) is 2.20. The topological polar surface area (TPSA) is 90.9 Å². The average molecular weight is 539 g/mol. The molecule has 2 saturated heterocycles. The van der Waals surface area contributed by atoms with Gasteiger partial charge in [-0.3, -0.25) is 9.69 Å². The minimum Gasteiger partial charge on any atom is -0.507 e. The van der Waals surface area contributed by atoms with Crippen LogP contribution in [0.1, 0.15) is 45.8 Å². The first-order valence-electron chi connectivity index (χ1n) is 14.2. The van der Waals surface area contributed by atoms with Crippen molar-refractivity contribution in [3.8, 4) is 5.75 Å². The Labute approximate surface area is 235 Å². The summed E-state index contributed by atoms with van der Waals surface area (Å²) in [5, 5.41) is 11.3. The molecular formula is C32H38N6O2. The fourth-order valence-electron chi connectivity index (χ4n) is 6.19. The van der Waals surface area contributed by atoms with Gasteiger partial charge in [0.25, 0.3) is 5.91 Å². The van der Waals surface area contributed by atoms with Gasteiger partial charge in [0, 0.05) is 62.7 Å². The molecule has 0 atom stereocenters. The number of phenols is 1. The van der Waals surface area contributed by atoms with Crippen LogP contribution < -0.4 is 10.6 Å². The summed E-state index contributed by atoms with van der Waals surface area (Å²) in [6.45, 7) is 8.16. The molecule has 0 spiro atoms. The molecule has 0 saturated carbocycles. The summed E-state index contributed by atoms with van der Waals surface area (Å²) in [5.74, 6) is -0.209. The Morgan fingerprint density at radius 3 is 2.50 bits per heavy atom. The Balaban J connectivity index is 1.09. The number of likely N-dealkylation sites (tertiary alicyclic amines) is 1. The zero-order valence-electron chi connectivity index (χ0n) is 23.2. The number of hydrogen-bond acceptors (Lipinski definition) is 6. The van der Waals surface area contributed by atoms with E-state index in [1.54, 1.807) is 12.1 Å². The number of primary amides is 1. The van der Waals surface area contributed by atoms with Crippen molar-refractivity contribution in [3.05, 3.63) is 89.2 Å². The highest BCUT2D eigenvalue weighted by Crippen LogP contribution is 2.32. The molecular weight excluding hydrogens is 500 g/mol. The zero-order chi connectivity index (χ0) is 27.6. The number of likely N-dealkylation sites (N-methyl/N-ethyl adjacent to an activating group) is 1. The number of nitrogens with two attached hydrogens (primary N) is 1. The van der Waals surface area contributed by atoms with Crippen LogP contribution in [-0.4, -0.2) is 76.7 Å². The highest BCUT2D eigenvalue weighted by molar-refractivity contribution is 5.95. The Bertz CT molecular complexity index is 1500. The number of aromatic nitrogens is 2. The molecule has 4 heterocycles. The molecule has 6 rings (SSSR count). The van der Waals surface area contributed by atoms with Crippen molar-refractivity contribution < 1.29 is 9.90 Å². The lowest BCUT2D eigenvalue weighted by molar-refractivity contribution is 0.0997. The van der Waals surface area contributed by atoms with E-state index in [2.05, 4.69) is 62.7 Å². The Morgan fingerprint density at radius 1 is 0.975 bits per heavy atom. The van der Waals surface area contributed by atoms with Gasteiger partial charge < -0.3 is 25.2 Å². The molecule has 2 aliphatic heterocycles. The van der Waals surface area contributed by atoms with Gasteiger partial charge in [0.15, 0.2) is 0 Å². The van der Waals surface area contributed by atoms with E-state index in [0.29, 0.717) is 12.5 Å². The minimum atomic E-state index is -0.633. The lowest BCUT2D eigenvalue weighted by atomic mass is 9.90. The van der Waals surface area contributed by atoms with Crippen molar-refractivity contribution in [2.75, 3.05) is 51.2 Å². The van der Waals surface area contributed by atoms with Crippen LogP contribution in [0.25, 0.3) is 11.0 Å². The van der Waals surface area contributed by atoms with Crippen LogP contribution in [0.15, 0.2) is 67.0 Å². The van der Waals surface area contributed by atoms with Crippen LogP contribution in [0.3, 0.4) is 0 Å². The van der Waals surface area contributed by atoms with Crippen LogP contribution >= 0.6 is 0 Å². The quantitative estimate of drug-likeness (QED) is 0.369. The Morgan fingerprint density at radius 2 is 1.75 bits per heavy atom. The van der Waals surface area contributed by atoms with E-state index >= 15 is 0 Å². The van der Waals surface area contributed by atoms with E-state index in [1.165, 1.54) is 16.8 Å². The van der Waals surface area contributed by atoms with Crippen LogP contribution in [0, 0.1) is 0 Å². The summed E-state index contributed by atoms with van der Waals surface area (Å²) in [5.41, 5.74) is 11.4. The van der Waals surface area contributed by atoms with Gasteiger partial charge in [0.05, 0.1) is 5.56 Å². The van der Waals surface area contributed by atoms with E-state index in [-0.39, 0.29) is 11.3 Å². The van der Waals surface area contributed by atoms with Gasteiger partial charge in [-0.2, -0.15) is 0 Å². The third-order valence-corrected chi connectivity index (χ3v) is 8.59. The Hall–Kier alpha value is -3.88. The van der Waals surface area contributed by atoms with Gasteiger partial charge in [-0.1, -0.05) is 24.3 Å². The van der Waals surface area contributed by atoms with Crippen LogP contribution in [0.4, 0.5) is 5.69 Å². The van der Waals surface area contributed by atoms with Gasteiger partial charge >= 0.3 is 0 Å². The van der Waals surface area contributed by atoms with Gasteiger partial charge in [-0.05, 0) is 85.9 Å². The molecule has 2 fully saturated rings. The first-order valence-corrected chi connectivity index (χ1v) is 14.2. The predicted octanol–water partition coefficient (Wildman–Crippen LogP) is 4.02. The molecule has 208 valence electrons. The van der Waals surface area contributed by atoms with Gasteiger partial charge in [0.2, 0.25) is 0 Å². The number of piperidine rings is 1. The summed E-state index contributed by atoms with van der Waals surface area (Å²) >= 11 is 0. The van der Waals surface area contributed by atoms with Crippen molar-refractivity contribution in [1.82, 2.24) is 19.4 Å². The average Bonchev–Trinajstić information content (AvgIpc) is 3.36. The number of piperazine rings is 1. The lowest BCUT2D eigenvalue weighted by Gasteiger charge is -2.37. The SMILES string of the molecule is CN1CCN(c2ccccc2CN2CCC(c3cnc4c(ccn4Cc4ccc(C(N)=O)c(O)c4)c3)CC2)CC1. The van der Waals surface area contributed by atoms with Crippen molar-refractivity contribution in [2.24, 2.45) is 5.73 Å². The number of carbonyl (C=O) groups excluding carboxylic acids is 1. The summed E-state index contributed by atoms with van der Waals surface area (Å²) < 4.78 is 2.07. The lowest BCUT2D eigenvalue weighted by Crippen LogP contribution is -2.45. The second-order valence-corrected chi connectivity index (χ2v) is 11.3. The van der Waals surface area contributed by atoms with Crippen LogP contribution in [-0.2, 0) is 13.1 Å². The maximum absolute atomic E-state index is 11.4. The number of carbonyl (C=O) groups is 1. The molecule has 2 aromatic heterocycles. The summed E-state index contributed by atoms with van der Waals surface area (Å²) in [6.07, 6.45) is 6.34. The maximum Gasteiger partial charge on any atom is 0.252 e. The fourth-order valence-corrected chi connectivity index (χ4v) is 6.19. The number of aromatic hydroxyl groups is 1. The van der Waals surface area contributed by atoms with E-state index in [9.17, 15) is 9.90 Å². The smallest absolute Gasteiger partial charge is 0.252 e. The number of benzene rings is 2. The van der Waals surface area contributed by atoms with Gasteiger partial charge in [-0.25, -0.2) is 4.98 Å². The maximum atomic E-state index is 11.4. The number of rotatable bonds is 7. The monoisotopic (exact) mass is 538 g/mol. The first kappa shape index (κ1) is 26.3. The third-order valence-electron chi connectivity index (χ3n) is 8.59. The molecule has 3 N–H and O–H groups in total. The second-order valence-electron chi connectivity index (χ2n) is 11.3. The molecule has 0 aliphatic carbocycles. The number of hydrogen-bond donors (Lipinski definition) is 2. The molecule has 8 nitrogen and oxygen atoms in total. The van der Waals surface area contributed by atoms with Gasteiger partial charge in [0.1, 0.15) is 11.4 Å². The molecule has 1 amide bonds. The van der Waals surface area contributed by atoms with Gasteiger partial charge in [-0.15, -0.1) is 0 Å². The van der Waals surface area contributed by atoms with E-state index in [0.717, 1.165) is 75.3 Å². The predicted molar refractivity (Wildman–Crippen MR) is 159 cm³/mol. The molecule has 4 aromatic rings. The van der Waals surface area contributed by atoms with Crippen molar-refractivity contribution in [2.45, 2.75) is 31.8 Å². The fraction of sp³-hybridized carbons (Fsp3) is 0.375. The van der Waals surface area contributed by atoms with Crippen LogP contribution in [0.5, 0.6) is 5.75 Å². The van der Waals surface area contributed by atoms with Crippen molar-refractivity contribution >= 4 is 22.6 Å². The second kappa shape index (κ2) is 11.3. The number of pyridine rings is 1.